The van der Waals surface area contributed by atoms with Crippen LogP contribution >= 0.6 is 15.9 Å². The molecule has 7 rings (SSSR count). The maximum atomic E-state index is 6.47. The molecule has 7 aromatic rings. The second kappa shape index (κ2) is 7.09. The largest absolute Gasteiger partial charge is 0.454 e. The molecule has 2 aromatic heterocycles. The van der Waals surface area contributed by atoms with Gasteiger partial charge < -0.3 is 8.98 Å². The number of hydrogen-bond donors (Lipinski definition) is 0. The highest BCUT2D eigenvalue weighted by atomic mass is 79.9. The topological polar surface area (TPSA) is 18.1 Å². The van der Waals surface area contributed by atoms with Crippen LogP contribution in [0.3, 0.4) is 0 Å². The normalized spacial score (nSPS) is 11.8. The highest BCUT2D eigenvalue weighted by Gasteiger charge is 2.19. The monoisotopic (exact) mass is 487 g/mol. The summed E-state index contributed by atoms with van der Waals surface area (Å²) >= 11 is 3.66. The van der Waals surface area contributed by atoms with Gasteiger partial charge in [0, 0.05) is 32.8 Å². The molecule has 2 heterocycles. The van der Waals surface area contributed by atoms with Crippen LogP contribution in [0.2, 0.25) is 0 Å². The molecule has 3 heteroatoms. The smallest absolute Gasteiger partial charge is 0.149 e. The number of halogens is 1. The minimum atomic E-state index is 0.888. The highest BCUT2D eigenvalue weighted by Crippen LogP contribution is 2.43. The van der Waals surface area contributed by atoms with Crippen LogP contribution in [-0.2, 0) is 0 Å². The van der Waals surface area contributed by atoms with Crippen molar-refractivity contribution < 1.29 is 4.42 Å². The molecule has 0 unspecified atom stereocenters. The molecule has 0 aliphatic heterocycles. The maximum Gasteiger partial charge on any atom is 0.149 e. The fraction of sp³-hybridized carbons (Fsp3) is 0. The average Bonchev–Trinajstić information content (AvgIpc) is 3.42. The number of hydrogen-bond acceptors (Lipinski definition) is 1. The molecule has 2 nitrogen and oxygen atoms in total. The summed E-state index contributed by atoms with van der Waals surface area (Å²) in [5, 5.41) is 4.73. The fourth-order valence-corrected chi connectivity index (χ4v) is 5.54. The van der Waals surface area contributed by atoms with Crippen LogP contribution in [0.15, 0.2) is 118 Å². The third kappa shape index (κ3) is 2.66. The van der Waals surface area contributed by atoms with Crippen molar-refractivity contribution in [3.05, 3.63) is 114 Å². The zero-order valence-corrected chi connectivity index (χ0v) is 19.2. The van der Waals surface area contributed by atoms with E-state index in [2.05, 4.69) is 124 Å². The summed E-state index contributed by atoms with van der Waals surface area (Å²) in [6.45, 7) is 0. The molecular weight excluding hydrogens is 470 g/mol. The van der Waals surface area contributed by atoms with E-state index < -0.39 is 0 Å². The van der Waals surface area contributed by atoms with Gasteiger partial charge in [0.25, 0.3) is 0 Å². The molecule has 0 amide bonds. The number of rotatable bonds is 2. The Morgan fingerprint density at radius 2 is 1.15 bits per heavy atom. The molecule has 0 saturated heterocycles. The number of furan rings is 1. The van der Waals surface area contributed by atoms with E-state index in [0.29, 0.717) is 0 Å². The fourth-order valence-electron chi connectivity index (χ4n) is 5.10. The molecule has 5 aromatic carbocycles. The average molecular weight is 488 g/mol. The van der Waals surface area contributed by atoms with Crippen LogP contribution in [0.25, 0.3) is 60.6 Å². The van der Waals surface area contributed by atoms with E-state index in [1.807, 2.05) is 6.07 Å². The lowest BCUT2D eigenvalue weighted by Gasteiger charge is -2.09. The quantitative estimate of drug-likeness (QED) is 0.237. The Hall–Kier alpha value is -3.82. The lowest BCUT2D eigenvalue weighted by Crippen LogP contribution is -1.92. The Morgan fingerprint density at radius 1 is 0.515 bits per heavy atom. The summed E-state index contributed by atoms with van der Waals surface area (Å²) < 4.78 is 9.79. The van der Waals surface area contributed by atoms with Crippen molar-refractivity contribution in [2.45, 2.75) is 0 Å². The van der Waals surface area contributed by atoms with E-state index in [0.717, 1.165) is 37.7 Å². The first-order valence-electron chi connectivity index (χ1n) is 11.0. The van der Waals surface area contributed by atoms with Crippen LogP contribution in [0.4, 0.5) is 0 Å². The summed E-state index contributed by atoms with van der Waals surface area (Å²) in [5.41, 5.74) is 7.64. The van der Waals surface area contributed by atoms with Crippen molar-refractivity contribution in [1.29, 1.82) is 0 Å². The highest BCUT2D eigenvalue weighted by molar-refractivity contribution is 9.10. The Bertz CT molecular complexity index is 1830. The molecule has 33 heavy (non-hydrogen) atoms. The summed E-state index contributed by atoms with van der Waals surface area (Å²) in [6.07, 6.45) is 0. The first-order valence-corrected chi connectivity index (χ1v) is 11.8. The van der Waals surface area contributed by atoms with Gasteiger partial charge in [0.15, 0.2) is 0 Å². The predicted octanol–water partition coefficient (Wildman–Crippen LogP) is 9.11. The van der Waals surface area contributed by atoms with Crippen molar-refractivity contribution in [1.82, 2.24) is 4.57 Å². The third-order valence-electron chi connectivity index (χ3n) is 6.48. The standard InChI is InChI=1S/C30H18BrNO/c31-25-16-7-15-23-22-14-6-13-21(29(22)33-30(23)25)20-12-8-18-27-28(20)24-11-4-5-17-26(24)32(27)19-9-2-1-3-10-19/h1-18H. The molecule has 0 aliphatic rings. The second-order valence-corrected chi connectivity index (χ2v) is 9.14. The molecule has 0 atom stereocenters. The Kier molecular flexibility index (Phi) is 4.02. The van der Waals surface area contributed by atoms with E-state index in [1.54, 1.807) is 0 Å². The summed E-state index contributed by atoms with van der Waals surface area (Å²) in [6, 6.07) is 38.4. The minimum absolute atomic E-state index is 0.888. The van der Waals surface area contributed by atoms with Crippen LogP contribution in [0, 0.1) is 0 Å². The van der Waals surface area contributed by atoms with Gasteiger partial charge in [-0.3, -0.25) is 0 Å². The van der Waals surface area contributed by atoms with Crippen molar-refractivity contribution in [3.8, 4) is 16.8 Å². The zero-order chi connectivity index (χ0) is 21.9. The first-order chi connectivity index (χ1) is 16.3. The molecule has 0 N–H and O–H groups in total. The Balaban J connectivity index is 1.63. The molecule has 0 fully saturated rings. The Morgan fingerprint density at radius 3 is 2.03 bits per heavy atom. The predicted molar refractivity (Wildman–Crippen MR) is 141 cm³/mol. The van der Waals surface area contributed by atoms with Gasteiger partial charge in [0.1, 0.15) is 11.2 Å². The zero-order valence-electron chi connectivity index (χ0n) is 17.6. The van der Waals surface area contributed by atoms with Crippen molar-refractivity contribution >= 4 is 59.7 Å². The van der Waals surface area contributed by atoms with Gasteiger partial charge >= 0.3 is 0 Å². The number of benzene rings is 5. The van der Waals surface area contributed by atoms with Crippen molar-refractivity contribution in [3.63, 3.8) is 0 Å². The maximum absolute atomic E-state index is 6.47. The number of nitrogens with zero attached hydrogens (tertiary/aromatic N) is 1. The third-order valence-corrected chi connectivity index (χ3v) is 7.10. The van der Waals surface area contributed by atoms with E-state index in [-0.39, 0.29) is 0 Å². The molecular formula is C30H18BrNO. The molecule has 0 radical (unpaired) electrons. The second-order valence-electron chi connectivity index (χ2n) is 8.29. The number of fused-ring (bicyclic) bond motifs is 6. The minimum Gasteiger partial charge on any atom is -0.454 e. The van der Waals surface area contributed by atoms with E-state index in [9.17, 15) is 0 Å². The van der Waals surface area contributed by atoms with Gasteiger partial charge in [0.05, 0.1) is 15.5 Å². The summed E-state index contributed by atoms with van der Waals surface area (Å²) in [5.74, 6) is 0. The number of aromatic nitrogens is 1. The van der Waals surface area contributed by atoms with Gasteiger partial charge in [-0.2, -0.15) is 0 Å². The van der Waals surface area contributed by atoms with Crippen LogP contribution in [0.5, 0.6) is 0 Å². The van der Waals surface area contributed by atoms with E-state index >= 15 is 0 Å². The van der Waals surface area contributed by atoms with E-state index in [1.165, 1.54) is 27.4 Å². The lowest BCUT2D eigenvalue weighted by atomic mass is 9.97. The molecule has 0 saturated carbocycles. The molecule has 156 valence electrons. The summed E-state index contributed by atoms with van der Waals surface area (Å²) in [7, 11) is 0. The van der Waals surface area contributed by atoms with Crippen LogP contribution in [-0.4, -0.2) is 4.57 Å². The van der Waals surface area contributed by atoms with E-state index in [4.69, 9.17) is 4.42 Å². The molecule has 0 aliphatic carbocycles. The molecule has 0 bridgehead atoms. The van der Waals surface area contributed by atoms with Gasteiger partial charge in [-0.25, -0.2) is 0 Å². The van der Waals surface area contributed by atoms with Crippen molar-refractivity contribution in [2.75, 3.05) is 0 Å². The lowest BCUT2D eigenvalue weighted by molar-refractivity contribution is 0.668. The SMILES string of the molecule is Brc1cccc2c1oc1c(-c3cccc4c3c3ccccc3n4-c3ccccc3)cccc12. The Labute approximate surface area is 198 Å². The van der Waals surface area contributed by atoms with Crippen LogP contribution < -0.4 is 0 Å². The van der Waals surface area contributed by atoms with Gasteiger partial charge in [0.2, 0.25) is 0 Å². The molecule has 0 spiro atoms. The van der Waals surface area contributed by atoms with Crippen LogP contribution in [0.1, 0.15) is 0 Å². The first kappa shape index (κ1) is 18.7. The van der Waals surface area contributed by atoms with Crippen molar-refractivity contribution in [2.24, 2.45) is 0 Å². The number of para-hydroxylation sites is 4. The van der Waals surface area contributed by atoms with Gasteiger partial charge in [-0.1, -0.05) is 78.9 Å². The summed E-state index contributed by atoms with van der Waals surface area (Å²) in [4.78, 5) is 0. The van der Waals surface area contributed by atoms with Gasteiger partial charge in [-0.05, 0) is 51.8 Å². The van der Waals surface area contributed by atoms with Gasteiger partial charge in [-0.15, -0.1) is 0 Å².